The zero-order valence-corrected chi connectivity index (χ0v) is 15.5. The van der Waals surface area contributed by atoms with Gasteiger partial charge in [0.2, 0.25) is 0 Å². The average molecular weight is 379 g/mol. The van der Waals surface area contributed by atoms with Crippen molar-refractivity contribution in [2.75, 3.05) is 13.7 Å². The summed E-state index contributed by atoms with van der Waals surface area (Å²) in [5.74, 6) is 2.31. The van der Waals surface area contributed by atoms with E-state index in [1.807, 2.05) is 12.1 Å². The second kappa shape index (κ2) is 7.05. The molecule has 3 rings (SSSR count). The highest BCUT2D eigenvalue weighted by Crippen LogP contribution is 2.36. The maximum Gasteiger partial charge on any atom is 0.154 e. The van der Waals surface area contributed by atoms with Crippen LogP contribution >= 0.6 is 15.9 Å². The molecule has 1 aliphatic rings. The Bertz CT molecular complexity index is 669. The van der Waals surface area contributed by atoms with Crippen LogP contribution in [0.5, 0.6) is 5.75 Å². The molecule has 23 heavy (non-hydrogen) atoms. The molecule has 1 aromatic carbocycles. The number of methoxy groups -OCH3 is 1. The number of ether oxygens (including phenoxy) is 1. The van der Waals surface area contributed by atoms with Crippen LogP contribution < -0.4 is 4.74 Å². The Morgan fingerprint density at radius 3 is 2.91 bits per heavy atom. The van der Waals surface area contributed by atoms with Gasteiger partial charge in [-0.15, -0.1) is 0 Å². The van der Waals surface area contributed by atoms with Crippen LogP contribution in [-0.4, -0.2) is 23.7 Å². The highest BCUT2D eigenvalue weighted by atomic mass is 79.9. The predicted octanol–water partition coefficient (Wildman–Crippen LogP) is 4.91. The second-order valence-electron chi connectivity index (χ2n) is 6.39. The van der Waals surface area contributed by atoms with Crippen molar-refractivity contribution in [1.29, 1.82) is 0 Å². The number of rotatable bonds is 5. The number of aromatic nitrogens is 1. The Kier molecular flexibility index (Phi) is 5.07. The van der Waals surface area contributed by atoms with Gasteiger partial charge in [-0.1, -0.05) is 34.9 Å². The van der Waals surface area contributed by atoms with Crippen molar-refractivity contribution in [3.8, 4) is 5.75 Å². The van der Waals surface area contributed by atoms with Crippen LogP contribution in [-0.2, 0) is 6.54 Å². The third-order valence-electron chi connectivity index (χ3n) is 4.45. The maximum atomic E-state index is 5.63. The SMILES string of the molecule is COc1ccc(Br)cc1CN1CCCC1c1cc(C(C)C)no1. The second-order valence-corrected chi connectivity index (χ2v) is 7.31. The molecule has 5 heteroatoms. The lowest BCUT2D eigenvalue weighted by Crippen LogP contribution is -2.22. The molecule has 1 unspecified atom stereocenters. The van der Waals surface area contributed by atoms with Gasteiger partial charge in [-0.2, -0.15) is 0 Å². The molecule has 1 saturated heterocycles. The normalized spacial score (nSPS) is 18.7. The molecule has 2 heterocycles. The summed E-state index contributed by atoms with van der Waals surface area (Å²) < 4.78 is 12.2. The van der Waals surface area contributed by atoms with Gasteiger partial charge in [-0.3, -0.25) is 4.90 Å². The van der Waals surface area contributed by atoms with E-state index < -0.39 is 0 Å². The molecule has 124 valence electrons. The molecule has 0 radical (unpaired) electrons. The van der Waals surface area contributed by atoms with Crippen LogP contribution in [0.2, 0.25) is 0 Å². The molecule has 0 saturated carbocycles. The maximum absolute atomic E-state index is 5.63. The van der Waals surface area contributed by atoms with Crippen LogP contribution in [0.1, 0.15) is 55.7 Å². The molecule has 0 spiro atoms. The van der Waals surface area contributed by atoms with E-state index in [0.29, 0.717) is 12.0 Å². The van der Waals surface area contributed by atoms with Crippen LogP contribution in [0.3, 0.4) is 0 Å². The number of hydrogen-bond donors (Lipinski definition) is 0. The molecule has 1 aliphatic heterocycles. The highest BCUT2D eigenvalue weighted by molar-refractivity contribution is 9.10. The van der Waals surface area contributed by atoms with Crippen molar-refractivity contribution in [1.82, 2.24) is 10.1 Å². The van der Waals surface area contributed by atoms with Gasteiger partial charge in [0.25, 0.3) is 0 Å². The molecule has 0 amide bonds. The topological polar surface area (TPSA) is 38.5 Å². The summed E-state index contributed by atoms with van der Waals surface area (Å²) in [7, 11) is 1.72. The summed E-state index contributed by atoms with van der Waals surface area (Å²) in [6, 6.07) is 8.57. The molecular formula is C18H23BrN2O2. The van der Waals surface area contributed by atoms with E-state index in [1.54, 1.807) is 7.11 Å². The molecule has 4 nitrogen and oxygen atoms in total. The molecule has 1 aromatic heterocycles. The van der Waals surface area contributed by atoms with Gasteiger partial charge in [-0.05, 0) is 43.5 Å². The van der Waals surface area contributed by atoms with E-state index in [9.17, 15) is 0 Å². The zero-order chi connectivity index (χ0) is 16.4. The monoisotopic (exact) mass is 378 g/mol. The molecule has 1 fully saturated rings. The molecular weight excluding hydrogens is 356 g/mol. The minimum absolute atomic E-state index is 0.304. The first-order chi connectivity index (χ1) is 11.1. The minimum Gasteiger partial charge on any atom is -0.496 e. The molecule has 0 N–H and O–H groups in total. The summed E-state index contributed by atoms with van der Waals surface area (Å²) in [4.78, 5) is 2.45. The van der Waals surface area contributed by atoms with Crippen molar-refractivity contribution in [3.63, 3.8) is 0 Å². The first-order valence-electron chi connectivity index (χ1n) is 8.11. The van der Waals surface area contributed by atoms with Crippen LogP contribution in [0.4, 0.5) is 0 Å². The number of hydrogen-bond acceptors (Lipinski definition) is 4. The highest BCUT2D eigenvalue weighted by Gasteiger charge is 2.30. The van der Waals surface area contributed by atoms with Crippen LogP contribution in [0, 0.1) is 0 Å². The molecule has 0 aliphatic carbocycles. The summed E-state index contributed by atoms with van der Waals surface area (Å²) >= 11 is 3.55. The number of likely N-dealkylation sites (tertiary alicyclic amines) is 1. The lowest BCUT2D eigenvalue weighted by atomic mass is 10.1. The van der Waals surface area contributed by atoms with Gasteiger partial charge >= 0.3 is 0 Å². The van der Waals surface area contributed by atoms with Crippen molar-refractivity contribution in [2.45, 2.75) is 45.2 Å². The van der Waals surface area contributed by atoms with E-state index in [-0.39, 0.29) is 0 Å². The Hall–Kier alpha value is -1.33. The summed E-state index contributed by atoms with van der Waals surface area (Å²) in [5.41, 5.74) is 2.23. The fourth-order valence-electron chi connectivity index (χ4n) is 3.16. The van der Waals surface area contributed by atoms with Gasteiger partial charge < -0.3 is 9.26 Å². The smallest absolute Gasteiger partial charge is 0.154 e. The molecule has 2 aromatic rings. The van der Waals surface area contributed by atoms with Crippen molar-refractivity contribution < 1.29 is 9.26 Å². The van der Waals surface area contributed by atoms with Gasteiger partial charge in [0, 0.05) is 22.6 Å². The molecule has 1 atom stereocenters. The number of halogens is 1. The van der Waals surface area contributed by atoms with Crippen LogP contribution in [0.25, 0.3) is 0 Å². The Morgan fingerprint density at radius 2 is 2.22 bits per heavy atom. The van der Waals surface area contributed by atoms with E-state index >= 15 is 0 Å². The Morgan fingerprint density at radius 1 is 1.39 bits per heavy atom. The standard InChI is InChI=1S/C18H23BrN2O2/c1-12(2)15-10-18(23-20-15)16-5-4-8-21(16)11-13-9-14(19)6-7-17(13)22-3/h6-7,9-10,12,16H,4-5,8,11H2,1-3H3. The fraction of sp³-hybridized carbons (Fsp3) is 0.500. The average Bonchev–Trinajstić information content (AvgIpc) is 3.16. The summed E-state index contributed by atoms with van der Waals surface area (Å²) in [6.07, 6.45) is 2.29. The number of nitrogens with zero attached hydrogens (tertiary/aromatic N) is 2. The summed E-state index contributed by atoms with van der Waals surface area (Å²) in [6.45, 7) is 6.20. The number of benzene rings is 1. The van der Waals surface area contributed by atoms with E-state index in [0.717, 1.165) is 41.2 Å². The zero-order valence-electron chi connectivity index (χ0n) is 13.9. The van der Waals surface area contributed by atoms with Gasteiger partial charge in [-0.25, -0.2) is 0 Å². The van der Waals surface area contributed by atoms with Gasteiger partial charge in [0.05, 0.1) is 18.8 Å². The minimum atomic E-state index is 0.304. The van der Waals surface area contributed by atoms with Crippen molar-refractivity contribution >= 4 is 15.9 Å². The van der Waals surface area contributed by atoms with Gasteiger partial charge in [0.15, 0.2) is 5.76 Å². The van der Waals surface area contributed by atoms with Gasteiger partial charge in [0.1, 0.15) is 5.75 Å². The molecule has 0 bridgehead atoms. The fourth-order valence-corrected chi connectivity index (χ4v) is 3.57. The lowest BCUT2D eigenvalue weighted by Gasteiger charge is -2.23. The Balaban J connectivity index is 1.80. The quantitative estimate of drug-likeness (QED) is 0.740. The van der Waals surface area contributed by atoms with E-state index in [1.165, 1.54) is 12.0 Å². The first-order valence-corrected chi connectivity index (χ1v) is 8.90. The largest absolute Gasteiger partial charge is 0.496 e. The van der Waals surface area contributed by atoms with Crippen molar-refractivity contribution in [3.05, 3.63) is 45.8 Å². The summed E-state index contributed by atoms with van der Waals surface area (Å²) in [5, 5.41) is 4.22. The lowest BCUT2D eigenvalue weighted by molar-refractivity contribution is 0.204. The van der Waals surface area contributed by atoms with E-state index in [4.69, 9.17) is 9.26 Å². The predicted molar refractivity (Wildman–Crippen MR) is 93.7 cm³/mol. The first kappa shape index (κ1) is 16.5. The van der Waals surface area contributed by atoms with Crippen molar-refractivity contribution in [2.24, 2.45) is 0 Å². The van der Waals surface area contributed by atoms with E-state index in [2.05, 4.69) is 52.0 Å². The Labute approximate surface area is 145 Å². The van der Waals surface area contributed by atoms with Crippen LogP contribution in [0.15, 0.2) is 33.3 Å². The third kappa shape index (κ3) is 3.61. The third-order valence-corrected chi connectivity index (χ3v) is 4.94.